The van der Waals surface area contributed by atoms with Gasteiger partial charge in [0.05, 0.1) is 5.69 Å². The molecule has 0 radical (unpaired) electrons. The van der Waals surface area contributed by atoms with E-state index in [9.17, 15) is 0 Å². The Morgan fingerprint density at radius 2 is 1.70 bits per heavy atom. The van der Waals surface area contributed by atoms with Gasteiger partial charge in [0.25, 0.3) is 0 Å². The Morgan fingerprint density at radius 3 is 2.42 bits per heavy atom. The van der Waals surface area contributed by atoms with Gasteiger partial charge in [-0.25, -0.2) is 4.98 Å². The first kappa shape index (κ1) is 23.4. The van der Waals surface area contributed by atoms with E-state index in [1.807, 2.05) is 11.3 Å². The SMILES string of the molecule is CC1(C)CCC(C)(C)c2cc(-c3csc(N4CCC(CC5CCCC(N)C5)CC4)n3)ccc21. The Hall–Kier alpha value is -1.39. The smallest absolute Gasteiger partial charge is 0.185 e. The average molecular weight is 466 g/mol. The van der Waals surface area contributed by atoms with Crippen molar-refractivity contribution >= 4 is 16.5 Å². The van der Waals surface area contributed by atoms with E-state index < -0.39 is 0 Å². The second-order valence-corrected chi connectivity index (χ2v) is 13.3. The van der Waals surface area contributed by atoms with Gasteiger partial charge in [0.15, 0.2) is 5.13 Å². The Bertz CT molecular complexity index is 967. The van der Waals surface area contributed by atoms with Crippen LogP contribution < -0.4 is 10.6 Å². The number of nitrogens with two attached hydrogens (primary N) is 1. The molecule has 2 fully saturated rings. The molecule has 5 rings (SSSR count). The van der Waals surface area contributed by atoms with Crippen molar-refractivity contribution in [3.63, 3.8) is 0 Å². The molecule has 1 aromatic carbocycles. The number of fused-ring (bicyclic) bond motifs is 1. The molecule has 1 saturated carbocycles. The van der Waals surface area contributed by atoms with Gasteiger partial charge in [0.2, 0.25) is 0 Å². The molecule has 2 heterocycles. The third kappa shape index (κ3) is 4.89. The number of piperidine rings is 1. The fourth-order valence-corrected chi connectivity index (χ4v) is 7.56. The van der Waals surface area contributed by atoms with Crippen molar-refractivity contribution in [3.8, 4) is 11.3 Å². The summed E-state index contributed by atoms with van der Waals surface area (Å²) in [7, 11) is 0. The molecule has 0 bridgehead atoms. The lowest BCUT2D eigenvalue weighted by molar-refractivity contribution is 0.244. The van der Waals surface area contributed by atoms with Gasteiger partial charge in [0.1, 0.15) is 0 Å². The van der Waals surface area contributed by atoms with E-state index in [0.29, 0.717) is 6.04 Å². The molecule has 2 unspecified atom stereocenters. The number of aromatic nitrogens is 1. The van der Waals surface area contributed by atoms with E-state index in [2.05, 4.69) is 56.2 Å². The zero-order chi connectivity index (χ0) is 23.2. The lowest BCUT2D eigenvalue weighted by Crippen LogP contribution is -2.35. The van der Waals surface area contributed by atoms with Crippen LogP contribution in [0.2, 0.25) is 0 Å². The maximum atomic E-state index is 6.23. The number of thiazole rings is 1. The first-order valence-electron chi connectivity index (χ1n) is 13.3. The molecule has 0 spiro atoms. The van der Waals surface area contributed by atoms with Crippen molar-refractivity contribution in [1.82, 2.24) is 4.98 Å². The molecule has 3 aliphatic rings. The summed E-state index contributed by atoms with van der Waals surface area (Å²) in [4.78, 5) is 7.65. The zero-order valence-corrected chi connectivity index (χ0v) is 22.0. The van der Waals surface area contributed by atoms with Crippen LogP contribution in [0.5, 0.6) is 0 Å². The highest BCUT2D eigenvalue weighted by molar-refractivity contribution is 7.14. The standard InChI is InChI=1S/C29H43N3S/c1-28(2)12-13-29(3,4)25-18-22(8-9-24(25)28)26-19-33-27(31-26)32-14-10-20(11-15-32)16-21-6-5-7-23(30)17-21/h8-9,18-21,23H,5-7,10-17,30H2,1-4H3. The number of hydrogen-bond donors (Lipinski definition) is 1. The van der Waals surface area contributed by atoms with E-state index >= 15 is 0 Å². The lowest BCUT2D eigenvalue weighted by Gasteiger charge is -2.42. The number of benzene rings is 1. The minimum Gasteiger partial charge on any atom is -0.348 e. The molecule has 2 aliphatic carbocycles. The molecule has 4 heteroatoms. The predicted octanol–water partition coefficient (Wildman–Crippen LogP) is 7.28. The molecule has 2 atom stereocenters. The number of anilines is 1. The minimum atomic E-state index is 0.240. The van der Waals surface area contributed by atoms with Gasteiger partial charge >= 0.3 is 0 Å². The Kier molecular flexibility index (Phi) is 6.37. The van der Waals surface area contributed by atoms with Crippen LogP contribution in [0.3, 0.4) is 0 Å². The van der Waals surface area contributed by atoms with Crippen LogP contribution >= 0.6 is 11.3 Å². The number of nitrogens with zero attached hydrogens (tertiary/aromatic N) is 2. The van der Waals surface area contributed by atoms with Gasteiger partial charge in [0, 0.05) is 30.1 Å². The van der Waals surface area contributed by atoms with E-state index in [1.54, 1.807) is 0 Å². The summed E-state index contributed by atoms with van der Waals surface area (Å²) in [6.45, 7) is 11.9. The van der Waals surface area contributed by atoms with Gasteiger partial charge < -0.3 is 10.6 Å². The van der Waals surface area contributed by atoms with Gasteiger partial charge in [-0.1, -0.05) is 52.7 Å². The van der Waals surface area contributed by atoms with Crippen LogP contribution in [-0.4, -0.2) is 24.1 Å². The van der Waals surface area contributed by atoms with Gasteiger partial charge in [-0.2, -0.15) is 0 Å². The topological polar surface area (TPSA) is 42.1 Å². The highest BCUT2D eigenvalue weighted by Crippen LogP contribution is 2.47. The number of rotatable bonds is 4. The van der Waals surface area contributed by atoms with Crippen molar-refractivity contribution in [3.05, 3.63) is 34.7 Å². The van der Waals surface area contributed by atoms with Gasteiger partial charge in [-0.15, -0.1) is 11.3 Å². The highest BCUT2D eigenvalue weighted by atomic mass is 32.1. The normalized spacial score (nSPS) is 27.4. The first-order valence-corrected chi connectivity index (χ1v) is 14.2. The quantitative estimate of drug-likeness (QED) is 0.516. The maximum absolute atomic E-state index is 6.23. The van der Waals surface area contributed by atoms with Crippen molar-refractivity contribution < 1.29 is 0 Å². The summed E-state index contributed by atoms with van der Waals surface area (Å²) < 4.78 is 0. The van der Waals surface area contributed by atoms with Crippen molar-refractivity contribution in [2.24, 2.45) is 17.6 Å². The largest absolute Gasteiger partial charge is 0.348 e. The van der Waals surface area contributed by atoms with E-state index in [-0.39, 0.29) is 10.8 Å². The molecule has 2 N–H and O–H groups in total. The predicted molar refractivity (Wildman–Crippen MR) is 142 cm³/mol. The molecular formula is C29H43N3S. The van der Waals surface area contributed by atoms with Crippen LogP contribution in [-0.2, 0) is 10.8 Å². The second-order valence-electron chi connectivity index (χ2n) is 12.5. The fourth-order valence-electron chi connectivity index (χ4n) is 6.67. The van der Waals surface area contributed by atoms with Crippen molar-refractivity contribution in [2.75, 3.05) is 18.0 Å². The monoisotopic (exact) mass is 465 g/mol. The van der Waals surface area contributed by atoms with Crippen molar-refractivity contribution in [2.45, 2.75) is 102 Å². The molecule has 0 amide bonds. The molecule has 180 valence electrons. The summed E-state index contributed by atoms with van der Waals surface area (Å²) in [5, 5.41) is 3.48. The maximum Gasteiger partial charge on any atom is 0.185 e. The minimum absolute atomic E-state index is 0.240. The molecule has 1 aliphatic heterocycles. The van der Waals surface area contributed by atoms with Crippen LogP contribution in [0, 0.1) is 11.8 Å². The zero-order valence-electron chi connectivity index (χ0n) is 21.2. The Balaban J connectivity index is 1.25. The van der Waals surface area contributed by atoms with Crippen LogP contribution in [0.25, 0.3) is 11.3 Å². The van der Waals surface area contributed by atoms with Gasteiger partial charge in [-0.3, -0.25) is 0 Å². The summed E-state index contributed by atoms with van der Waals surface area (Å²) >= 11 is 1.82. The van der Waals surface area contributed by atoms with E-state index in [4.69, 9.17) is 10.7 Å². The van der Waals surface area contributed by atoms with Crippen molar-refractivity contribution in [1.29, 1.82) is 0 Å². The lowest BCUT2D eigenvalue weighted by atomic mass is 9.63. The molecule has 33 heavy (non-hydrogen) atoms. The van der Waals surface area contributed by atoms with Crippen LogP contribution in [0.15, 0.2) is 23.6 Å². The second kappa shape index (κ2) is 9.00. The van der Waals surface area contributed by atoms with E-state index in [1.165, 1.54) is 79.6 Å². The molecule has 1 aromatic heterocycles. The molecular weight excluding hydrogens is 422 g/mol. The van der Waals surface area contributed by atoms with Crippen LogP contribution in [0.1, 0.15) is 96.6 Å². The summed E-state index contributed by atoms with van der Waals surface area (Å²) in [5.74, 6) is 1.75. The third-order valence-corrected chi connectivity index (χ3v) is 9.92. The van der Waals surface area contributed by atoms with Gasteiger partial charge in [-0.05, 0) is 84.8 Å². The fraction of sp³-hybridized carbons (Fsp3) is 0.690. The Labute approximate surface area is 205 Å². The molecule has 2 aromatic rings. The first-order chi connectivity index (χ1) is 15.7. The summed E-state index contributed by atoms with van der Waals surface area (Å²) in [5.41, 5.74) is 12.2. The third-order valence-electron chi connectivity index (χ3n) is 9.02. The highest BCUT2D eigenvalue weighted by Gasteiger charge is 2.37. The number of hydrogen-bond acceptors (Lipinski definition) is 4. The molecule has 3 nitrogen and oxygen atoms in total. The van der Waals surface area contributed by atoms with E-state index in [0.717, 1.165) is 30.6 Å². The molecule has 1 saturated heterocycles. The summed E-state index contributed by atoms with van der Waals surface area (Å²) in [6, 6.07) is 7.59. The van der Waals surface area contributed by atoms with Crippen LogP contribution in [0.4, 0.5) is 5.13 Å². The Morgan fingerprint density at radius 1 is 0.970 bits per heavy atom. The summed E-state index contributed by atoms with van der Waals surface area (Å²) in [6.07, 6.45) is 11.8. The average Bonchev–Trinajstić information content (AvgIpc) is 3.28.